The second kappa shape index (κ2) is 10.6. The molecule has 0 heterocycles. The fraction of sp³-hybridized carbons (Fsp3) is 0.962. The lowest BCUT2D eigenvalue weighted by Crippen LogP contribution is -2.52. The van der Waals surface area contributed by atoms with Crippen LogP contribution in [0.25, 0.3) is 0 Å². The molecule has 0 radical (unpaired) electrons. The summed E-state index contributed by atoms with van der Waals surface area (Å²) in [5.74, 6) is 4.72. The van der Waals surface area contributed by atoms with Gasteiger partial charge in [-0.05, 0) is 105 Å². The van der Waals surface area contributed by atoms with E-state index in [4.69, 9.17) is 10.8 Å². The van der Waals surface area contributed by atoms with Crippen molar-refractivity contribution in [2.75, 3.05) is 7.11 Å². The molecule has 3 N–H and O–H groups in total. The summed E-state index contributed by atoms with van der Waals surface area (Å²) in [5.41, 5.74) is 6.58. The fourth-order valence-corrected chi connectivity index (χ4v) is 8.40. The molecule has 29 heavy (non-hydrogen) atoms. The Morgan fingerprint density at radius 1 is 0.897 bits per heavy atom. The summed E-state index contributed by atoms with van der Waals surface area (Å²) in [6.07, 6.45) is 17.6. The number of amides is 1. The molecule has 0 saturated heterocycles. The standard InChI is InChI=1S/C23H39NO.C2H6.CH4O/c1-22-14-4-3-6-16(22)9-11-18-19-12-10-17(7-5-8-21(24)25)23(19,2)15-13-20(18)22;2*1-2/h16-20H,3-15H2,1-2H3,(H2,24,25);1-2H3;2H,1H3. The van der Waals surface area contributed by atoms with Gasteiger partial charge >= 0.3 is 0 Å². The molecule has 7 atom stereocenters. The second-order valence-corrected chi connectivity index (χ2v) is 10.6. The van der Waals surface area contributed by atoms with Gasteiger partial charge in [0.2, 0.25) is 5.91 Å². The monoisotopic (exact) mass is 407 g/mol. The maximum atomic E-state index is 11.1. The summed E-state index contributed by atoms with van der Waals surface area (Å²) in [5, 5.41) is 7.00. The van der Waals surface area contributed by atoms with Crippen molar-refractivity contribution in [2.45, 2.75) is 111 Å². The van der Waals surface area contributed by atoms with E-state index in [1.165, 1.54) is 70.6 Å². The number of carbonyl (C=O) groups excluding carboxylic acids is 1. The summed E-state index contributed by atoms with van der Waals surface area (Å²) < 4.78 is 0. The van der Waals surface area contributed by atoms with Crippen LogP contribution in [0.15, 0.2) is 0 Å². The number of hydrogen-bond acceptors (Lipinski definition) is 2. The first-order valence-corrected chi connectivity index (χ1v) is 12.7. The Labute approximate surface area is 180 Å². The summed E-state index contributed by atoms with van der Waals surface area (Å²) in [6, 6.07) is 0. The molecule has 4 rings (SSSR count). The third-order valence-corrected chi connectivity index (χ3v) is 9.76. The molecule has 1 amide bonds. The van der Waals surface area contributed by atoms with Crippen molar-refractivity contribution >= 4 is 5.91 Å². The van der Waals surface area contributed by atoms with Gasteiger partial charge in [0.15, 0.2) is 0 Å². The van der Waals surface area contributed by atoms with Crippen LogP contribution in [0, 0.1) is 40.4 Å². The van der Waals surface area contributed by atoms with Gasteiger partial charge in [-0.3, -0.25) is 4.79 Å². The summed E-state index contributed by atoms with van der Waals surface area (Å²) in [7, 11) is 1.00. The highest BCUT2D eigenvalue weighted by Gasteiger charge is 2.59. The van der Waals surface area contributed by atoms with Crippen LogP contribution in [0.3, 0.4) is 0 Å². The third-order valence-electron chi connectivity index (χ3n) is 9.76. The van der Waals surface area contributed by atoms with Gasteiger partial charge in [-0.1, -0.05) is 40.5 Å². The molecule has 0 aromatic carbocycles. The minimum absolute atomic E-state index is 0.119. The van der Waals surface area contributed by atoms with Crippen LogP contribution < -0.4 is 5.73 Å². The van der Waals surface area contributed by atoms with Crippen molar-refractivity contribution in [3.8, 4) is 0 Å². The van der Waals surface area contributed by atoms with E-state index in [1.54, 1.807) is 0 Å². The molecule has 7 unspecified atom stereocenters. The van der Waals surface area contributed by atoms with Crippen molar-refractivity contribution in [1.29, 1.82) is 0 Å². The Bertz CT molecular complexity index is 521. The molecule has 0 aliphatic heterocycles. The van der Waals surface area contributed by atoms with Crippen molar-refractivity contribution in [1.82, 2.24) is 0 Å². The first-order valence-electron chi connectivity index (χ1n) is 12.7. The highest BCUT2D eigenvalue weighted by Crippen LogP contribution is 2.67. The number of carbonyl (C=O) groups is 1. The largest absolute Gasteiger partial charge is 0.400 e. The van der Waals surface area contributed by atoms with Crippen LogP contribution in [0.4, 0.5) is 0 Å². The Hall–Kier alpha value is -0.570. The van der Waals surface area contributed by atoms with E-state index in [0.29, 0.717) is 17.3 Å². The first-order chi connectivity index (χ1) is 13.9. The van der Waals surface area contributed by atoms with E-state index in [0.717, 1.165) is 43.1 Å². The molecule has 3 nitrogen and oxygen atoms in total. The molecule has 0 bridgehead atoms. The predicted octanol–water partition coefficient (Wildman–Crippen LogP) is 6.33. The minimum atomic E-state index is -0.119. The molecule has 4 fully saturated rings. The van der Waals surface area contributed by atoms with Gasteiger partial charge in [0.1, 0.15) is 0 Å². The smallest absolute Gasteiger partial charge is 0.217 e. The highest BCUT2D eigenvalue weighted by atomic mass is 16.2. The Balaban J connectivity index is 0.000000707. The van der Waals surface area contributed by atoms with Crippen LogP contribution in [0.5, 0.6) is 0 Å². The first kappa shape index (κ1) is 24.7. The van der Waals surface area contributed by atoms with Crippen LogP contribution >= 0.6 is 0 Å². The van der Waals surface area contributed by atoms with E-state index in [2.05, 4.69) is 13.8 Å². The van der Waals surface area contributed by atoms with Crippen molar-refractivity contribution < 1.29 is 9.90 Å². The number of fused-ring (bicyclic) bond motifs is 5. The highest BCUT2D eigenvalue weighted by molar-refractivity contribution is 5.73. The Morgan fingerprint density at radius 3 is 2.28 bits per heavy atom. The molecule has 0 aromatic rings. The van der Waals surface area contributed by atoms with Gasteiger partial charge < -0.3 is 10.8 Å². The Kier molecular flexibility index (Phi) is 9.06. The number of primary amides is 1. The van der Waals surface area contributed by atoms with Crippen LogP contribution in [-0.4, -0.2) is 18.1 Å². The van der Waals surface area contributed by atoms with Crippen LogP contribution in [-0.2, 0) is 4.79 Å². The lowest BCUT2D eigenvalue weighted by Gasteiger charge is -2.60. The second-order valence-electron chi connectivity index (χ2n) is 10.6. The van der Waals surface area contributed by atoms with Gasteiger partial charge in [-0.2, -0.15) is 0 Å². The average molecular weight is 408 g/mol. The summed E-state index contributed by atoms with van der Waals surface area (Å²) in [4.78, 5) is 11.1. The molecule has 0 aromatic heterocycles. The number of aliphatic hydroxyl groups is 1. The molecule has 4 aliphatic rings. The maximum Gasteiger partial charge on any atom is 0.217 e. The van der Waals surface area contributed by atoms with E-state index in [-0.39, 0.29) is 5.91 Å². The molecule has 4 saturated carbocycles. The number of aliphatic hydroxyl groups excluding tert-OH is 1. The number of rotatable bonds is 4. The van der Waals surface area contributed by atoms with Crippen molar-refractivity contribution in [3.05, 3.63) is 0 Å². The minimum Gasteiger partial charge on any atom is -0.400 e. The van der Waals surface area contributed by atoms with Crippen molar-refractivity contribution in [2.24, 2.45) is 46.2 Å². The van der Waals surface area contributed by atoms with Gasteiger partial charge in [0.25, 0.3) is 0 Å². The number of hydrogen-bond donors (Lipinski definition) is 2. The summed E-state index contributed by atoms with van der Waals surface area (Å²) in [6.45, 7) is 9.29. The zero-order valence-corrected chi connectivity index (χ0v) is 20.0. The van der Waals surface area contributed by atoms with E-state index < -0.39 is 0 Å². The third kappa shape index (κ3) is 4.70. The van der Waals surface area contributed by atoms with Crippen molar-refractivity contribution in [3.63, 3.8) is 0 Å². The predicted molar refractivity (Wildman–Crippen MR) is 122 cm³/mol. The quantitative estimate of drug-likeness (QED) is 0.572. The fourth-order valence-electron chi connectivity index (χ4n) is 8.40. The zero-order valence-electron chi connectivity index (χ0n) is 20.0. The normalized spacial score (nSPS) is 42.8. The van der Waals surface area contributed by atoms with Gasteiger partial charge in [-0.25, -0.2) is 0 Å². The molecular formula is C26H49NO2. The topological polar surface area (TPSA) is 63.3 Å². The molecule has 4 aliphatic carbocycles. The SMILES string of the molecule is CC.CC12CCCCC1CCC1C2CCC2(C)C(CCCC(N)=O)CCC12.CO. The van der Waals surface area contributed by atoms with E-state index in [1.807, 2.05) is 13.8 Å². The van der Waals surface area contributed by atoms with Crippen LogP contribution in [0.1, 0.15) is 111 Å². The van der Waals surface area contributed by atoms with E-state index >= 15 is 0 Å². The molecule has 0 spiro atoms. The summed E-state index contributed by atoms with van der Waals surface area (Å²) >= 11 is 0. The van der Waals surface area contributed by atoms with Gasteiger partial charge in [-0.15, -0.1) is 0 Å². The van der Waals surface area contributed by atoms with Gasteiger partial charge in [0, 0.05) is 13.5 Å². The van der Waals surface area contributed by atoms with E-state index in [9.17, 15) is 4.79 Å². The zero-order chi connectivity index (χ0) is 21.7. The molecular weight excluding hydrogens is 358 g/mol. The lowest BCUT2D eigenvalue weighted by molar-refractivity contribution is -0.118. The maximum absolute atomic E-state index is 11.1. The average Bonchev–Trinajstić information content (AvgIpc) is 3.07. The number of nitrogens with two attached hydrogens (primary N) is 1. The molecule has 3 heteroatoms. The van der Waals surface area contributed by atoms with Crippen LogP contribution in [0.2, 0.25) is 0 Å². The van der Waals surface area contributed by atoms with Gasteiger partial charge in [0.05, 0.1) is 0 Å². The molecule has 170 valence electrons. The lowest BCUT2D eigenvalue weighted by atomic mass is 9.45. The Morgan fingerprint density at radius 2 is 1.59 bits per heavy atom.